The fourth-order valence-electron chi connectivity index (χ4n) is 7.10. The predicted octanol–water partition coefficient (Wildman–Crippen LogP) is 15.2. The number of amides is 1. The molecule has 0 saturated heterocycles. The number of unbranched alkanes of at least 4 members (excludes halogenated alkanes) is 22. The highest BCUT2D eigenvalue weighted by molar-refractivity contribution is 7.47. The number of hydrogen-bond donors (Lipinski definition) is 2. The van der Waals surface area contributed by atoms with E-state index >= 15 is 0 Å². The summed E-state index contributed by atoms with van der Waals surface area (Å²) in [7, 11) is 1.43. The normalized spacial score (nSPS) is 14.4. The average Bonchev–Trinajstić information content (AvgIpc) is 3.25. The molecule has 0 heterocycles. The molecule has 0 spiro atoms. The number of quaternary nitrogens is 1. The van der Waals surface area contributed by atoms with Crippen LogP contribution in [-0.2, 0) is 27.9 Å². The first-order chi connectivity index (χ1) is 30.9. The van der Waals surface area contributed by atoms with E-state index < -0.39 is 25.9 Å². The number of esters is 1. The fraction of sp³-hybridized carbons (Fsp3) is 0.778. The number of carbonyl (C=O) groups excluding carboxylic acids is 2. The Labute approximate surface area is 394 Å². The summed E-state index contributed by atoms with van der Waals surface area (Å²) in [5.74, 6) is -0.665. The van der Waals surface area contributed by atoms with Gasteiger partial charge in [0, 0.05) is 12.8 Å². The summed E-state index contributed by atoms with van der Waals surface area (Å²) in [4.78, 5) is 37.3. The summed E-state index contributed by atoms with van der Waals surface area (Å²) in [5, 5.41) is 2.98. The molecule has 0 aromatic rings. The van der Waals surface area contributed by atoms with Gasteiger partial charge in [-0.2, -0.15) is 0 Å². The molecule has 0 fully saturated rings. The molecule has 1 amide bonds. The zero-order chi connectivity index (χ0) is 47.3. The Bertz CT molecular complexity index is 1290. The first kappa shape index (κ1) is 61.7. The molecule has 0 aliphatic rings. The van der Waals surface area contributed by atoms with Crippen LogP contribution in [0, 0.1) is 0 Å². The second-order valence-corrected chi connectivity index (χ2v) is 20.1. The van der Waals surface area contributed by atoms with Crippen molar-refractivity contribution in [2.75, 3.05) is 40.9 Å². The molecule has 0 saturated carbocycles. The Balaban J connectivity index is 5.60. The van der Waals surface area contributed by atoms with E-state index in [2.05, 4.69) is 62.5 Å². The molecule has 10 heteroatoms. The molecule has 9 nitrogen and oxygen atoms in total. The van der Waals surface area contributed by atoms with Gasteiger partial charge in [-0.15, -0.1) is 0 Å². The van der Waals surface area contributed by atoms with Crippen molar-refractivity contribution < 1.29 is 37.3 Å². The SMILES string of the molecule is CCCCCCCC/C=C\C/C=C/CCC(=O)NC(COP(=O)(O)OCC[N+](C)(C)C)C(/C=C/CCCCCCCCCCCC)OC(=O)CC/C=C/C/C=C\CCCCCCCC. The van der Waals surface area contributed by atoms with Gasteiger partial charge in [-0.25, -0.2) is 4.57 Å². The molecule has 0 aromatic heterocycles. The van der Waals surface area contributed by atoms with E-state index in [-0.39, 0.29) is 32.0 Å². The van der Waals surface area contributed by atoms with Gasteiger partial charge in [-0.05, 0) is 70.3 Å². The highest BCUT2D eigenvalue weighted by Gasteiger charge is 2.30. The molecule has 64 heavy (non-hydrogen) atoms. The number of carbonyl (C=O) groups is 2. The van der Waals surface area contributed by atoms with E-state index in [0.717, 1.165) is 44.9 Å². The van der Waals surface area contributed by atoms with E-state index in [1.165, 1.54) is 128 Å². The van der Waals surface area contributed by atoms with Crippen LogP contribution in [0.3, 0.4) is 0 Å². The highest BCUT2D eigenvalue weighted by Crippen LogP contribution is 2.43. The van der Waals surface area contributed by atoms with E-state index in [9.17, 15) is 19.0 Å². The summed E-state index contributed by atoms with van der Waals surface area (Å²) in [6.07, 6.45) is 53.9. The summed E-state index contributed by atoms with van der Waals surface area (Å²) >= 11 is 0. The molecule has 0 radical (unpaired) electrons. The number of phosphoric acid groups is 1. The predicted molar refractivity (Wildman–Crippen MR) is 272 cm³/mol. The van der Waals surface area contributed by atoms with Gasteiger partial charge in [0.2, 0.25) is 5.91 Å². The van der Waals surface area contributed by atoms with E-state index in [1.807, 2.05) is 45.4 Å². The van der Waals surface area contributed by atoms with Crippen LogP contribution >= 0.6 is 7.82 Å². The van der Waals surface area contributed by atoms with Crippen LogP contribution in [0.15, 0.2) is 60.8 Å². The molecule has 0 aromatic carbocycles. The van der Waals surface area contributed by atoms with Crippen molar-refractivity contribution >= 4 is 19.7 Å². The van der Waals surface area contributed by atoms with Gasteiger partial charge < -0.3 is 19.4 Å². The topological polar surface area (TPSA) is 111 Å². The maximum absolute atomic E-state index is 13.4. The van der Waals surface area contributed by atoms with Crippen LogP contribution in [0.1, 0.15) is 220 Å². The van der Waals surface area contributed by atoms with Gasteiger partial charge in [0.1, 0.15) is 19.3 Å². The van der Waals surface area contributed by atoms with E-state index in [1.54, 1.807) is 0 Å². The Morgan fingerprint density at radius 1 is 0.547 bits per heavy atom. The first-order valence-electron chi connectivity index (χ1n) is 26.1. The summed E-state index contributed by atoms with van der Waals surface area (Å²) < 4.78 is 30.4. The van der Waals surface area contributed by atoms with Crippen LogP contribution in [0.2, 0.25) is 0 Å². The number of nitrogens with zero attached hydrogens (tertiary/aromatic N) is 1. The van der Waals surface area contributed by atoms with Crippen molar-refractivity contribution in [3.8, 4) is 0 Å². The van der Waals surface area contributed by atoms with Crippen molar-refractivity contribution in [1.29, 1.82) is 0 Å². The van der Waals surface area contributed by atoms with Crippen LogP contribution in [-0.4, -0.2) is 74.3 Å². The molecule has 0 aliphatic heterocycles. The quantitative estimate of drug-likeness (QED) is 0.0206. The van der Waals surface area contributed by atoms with Crippen LogP contribution in [0.4, 0.5) is 0 Å². The Kier molecular flexibility index (Phi) is 42.9. The lowest BCUT2D eigenvalue weighted by Crippen LogP contribution is -2.47. The zero-order valence-corrected chi connectivity index (χ0v) is 43.2. The van der Waals surface area contributed by atoms with Crippen molar-refractivity contribution in [1.82, 2.24) is 5.32 Å². The third kappa shape index (κ3) is 44.9. The maximum Gasteiger partial charge on any atom is 0.472 e. The fourth-order valence-corrected chi connectivity index (χ4v) is 7.84. The maximum atomic E-state index is 13.4. The van der Waals surface area contributed by atoms with Gasteiger partial charge in [-0.1, -0.05) is 197 Å². The zero-order valence-electron chi connectivity index (χ0n) is 42.3. The van der Waals surface area contributed by atoms with Crippen molar-refractivity contribution in [3.63, 3.8) is 0 Å². The van der Waals surface area contributed by atoms with Crippen LogP contribution < -0.4 is 5.32 Å². The number of nitrogens with one attached hydrogen (secondary N) is 1. The molecule has 2 N–H and O–H groups in total. The Hall–Kier alpha value is -2.29. The molecule has 3 unspecified atom stereocenters. The number of allylic oxidation sites excluding steroid dienone is 9. The highest BCUT2D eigenvalue weighted by atomic mass is 31.2. The standard InChI is InChI=1S/C54H99N2O7P/c1-7-10-13-16-19-22-25-28-31-34-37-40-43-46-53(57)55-51(50-62-64(59,60)61-49-48-56(4,5)6)52(45-42-39-36-33-30-27-24-21-18-15-12-9-3)63-54(58)47-44-41-38-35-32-29-26-23-20-17-14-11-8-2/h28-29,31-32,37-38,40-42,45,51-52H,7-27,30,33-36,39,43-44,46-50H2,1-6H3,(H-,55,57,59,60)/p+1/b31-28-,32-29-,40-37+,41-38+,45-42+. The Morgan fingerprint density at radius 3 is 1.41 bits per heavy atom. The van der Waals surface area contributed by atoms with Crippen LogP contribution in [0.5, 0.6) is 0 Å². The second kappa shape index (κ2) is 44.5. The molecule has 0 bridgehead atoms. The largest absolute Gasteiger partial charge is 0.472 e. The van der Waals surface area contributed by atoms with Gasteiger partial charge >= 0.3 is 13.8 Å². The molecule has 372 valence electrons. The molecule has 0 rings (SSSR count). The lowest BCUT2D eigenvalue weighted by molar-refractivity contribution is -0.870. The lowest BCUT2D eigenvalue weighted by atomic mass is 10.1. The number of rotatable bonds is 46. The molecular formula is C54H100N2O7P+. The third-order valence-corrected chi connectivity index (χ3v) is 12.2. The van der Waals surface area contributed by atoms with Gasteiger partial charge in [0.15, 0.2) is 0 Å². The van der Waals surface area contributed by atoms with Gasteiger partial charge in [0.25, 0.3) is 0 Å². The van der Waals surface area contributed by atoms with E-state index in [0.29, 0.717) is 23.9 Å². The summed E-state index contributed by atoms with van der Waals surface area (Å²) in [6.45, 7) is 6.89. The number of likely N-dealkylation sites (N-methyl/N-ethyl adjacent to an activating group) is 1. The molecular weight excluding hydrogens is 820 g/mol. The van der Waals surface area contributed by atoms with Crippen molar-refractivity contribution in [3.05, 3.63) is 60.8 Å². The average molecular weight is 920 g/mol. The molecule has 0 aliphatic carbocycles. The summed E-state index contributed by atoms with van der Waals surface area (Å²) in [6, 6.07) is -0.899. The first-order valence-corrected chi connectivity index (χ1v) is 27.6. The third-order valence-electron chi connectivity index (χ3n) is 11.2. The second-order valence-electron chi connectivity index (χ2n) is 18.7. The van der Waals surface area contributed by atoms with Crippen molar-refractivity contribution in [2.24, 2.45) is 0 Å². The Morgan fingerprint density at radius 2 is 0.953 bits per heavy atom. The number of ether oxygens (including phenoxy) is 1. The van der Waals surface area contributed by atoms with Gasteiger partial charge in [-0.3, -0.25) is 18.6 Å². The van der Waals surface area contributed by atoms with E-state index in [4.69, 9.17) is 13.8 Å². The van der Waals surface area contributed by atoms with Crippen LogP contribution in [0.25, 0.3) is 0 Å². The minimum atomic E-state index is -4.46. The molecule has 3 atom stereocenters. The smallest absolute Gasteiger partial charge is 0.456 e. The van der Waals surface area contributed by atoms with Gasteiger partial charge in [0.05, 0.1) is 33.8 Å². The summed E-state index contributed by atoms with van der Waals surface area (Å²) in [5.41, 5.74) is 0. The minimum Gasteiger partial charge on any atom is -0.456 e. The lowest BCUT2D eigenvalue weighted by Gasteiger charge is -2.27. The minimum absolute atomic E-state index is 0.0223. The monoisotopic (exact) mass is 920 g/mol. The van der Waals surface area contributed by atoms with Crippen molar-refractivity contribution in [2.45, 2.75) is 232 Å². The number of phosphoric ester groups is 1. The number of hydrogen-bond acceptors (Lipinski definition) is 6.